The van der Waals surface area contributed by atoms with Crippen molar-refractivity contribution >= 4 is 0 Å². The monoisotopic (exact) mass is 209 g/mol. The lowest BCUT2D eigenvalue weighted by Crippen LogP contribution is -2.21. The topological polar surface area (TPSA) is 55.5 Å². The van der Waals surface area contributed by atoms with Gasteiger partial charge in [-0.2, -0.15) is 0 Å². The lowest BCUT2D eigenvalue weighted by molar-refractivity contribution is 0.235. The third-order valence-electron chi connectivity index (χ3n) is 2.37. The van der Waals surface area contributed by atoms with E-state index >= 15 is 0 Å². The van der Waals surface area contributed by atoms with Gasteiger partial charge in [-0.15, -0.1) is 0 Å². The molecule has 1 atom stereocenters. The van der Waals surface area contributed by atoms with Gasteiger partial charge in [-0.1, -0.05) is 25.5 Å². The minimum absolute atomic E-state index is 0.185. The molecule has 0 aliphatic carbocycles. The van der Waals surface area contributed by atoms with Gasteiger partial charge in [0.1, 0.15) is 0 Å². The molecule has 0 aromatic heterocycles. The summed E-state index contributed by atoms with van der Waals surface area (Å²) in [7, 11) is 0. The van der Waals surface area contributed by atoms with Crippen molar-refractivity contribution in [3.05, 3.63) is 24.3 Å². The minimum Gasteiger partial charge on any atom is -0.504 e. The molecule has 1 rings (SSSR count). The van der Waals surface area contributed by atoms with Gasteiger partial charge >= 0.3 is 0 Å². The molecule has 3 N–H and O–H groups in total. The Morgan fingerprint density at radius 2 is 2.13 bits per heavy atom. The van der Waals surface area contributed by atoms with E-state index in [4.69, 9.17) is 10.5 Å². The van der Waals surface area contributed by atoms with E-state index in [9.17, 15) is 5.11 Å². The van der Waals surface area contributed by atoms with Crippen molar-refractivity contribution in [2.45, 2.75) is 19.8 Å². The van der Waals surface area contributed by atoms with Crippen LogP contribution in [0.15, 0.2) is 24.3 Å². The van der Waals surface area contributed by atoms with Crippen LogP contribution in [0, 0.1) is 5.92 Å². The maximum Gasteiger partial charge on any atom is 0.160 e. The Balaban J connectivity index is 2.45. The predicted octanol–water partition coefficient (Wildman–Crippen LogP) is 2.15. The number of hydrogen-bond donors (Lipinski definition) is 2. The Kier molecular flexibility index (Phi) is 4.98. The van der Waals surface area contributed by atoms with Gasteiger partial charge in [0, 0.05) is 5.92 Å². The molecule has 0 bridgehead atoms. The lowest BCUT2D eigenvalue weighted by Gasteiger charge is -2.15. The van der Waals surface area contributed by atoms with Crippen molar-refractivity contribution in [1.82, 2.24) is 0 Å². The van der Waals surface area contributed by atoms with E-state index < -0.39 is 0 Å². The normalized spacial score (nSPS) is 12.4. The highest BCUT2D eigenvalue weighted by Crippen LogP contribution is 2.25. The second-order valence-corrected chi connectivity index (χ2v) is 3.67. The summed E-state index contributed by atoms with van der Waals surface area (Å²) in [5.74, 6) is 1.09. The molecule has 0 spiro atoms. The second-order valence-electron chi connectivity index (χ2n) is 3.67. The maximum absolute atomic E-state index is 9.47. The molecule has 0 saturated heterocycles. The Morgan fingerprint density at radius 1 is 1.40 bits per heavy atom. The van der Waals surface area contributed by atoms with Crippen LogP contribution < -0.4 is 10.5 Å². The predicted molar refractivity (Wildman–Crippen MR) is 61.1 cm³/mol. The van der Waals surface area contributed by atoms with Crippen molar-refractivity contribution in [2.75, 3.05) is 13.2 Å². The highest BCUT2D eigenvalue weighted by Gasteiger charge is 2.07. The largest absolute Gasteiger partial charge is 0.504 e. The fraction of sp³-hybridized carbons (Fsp3) is 0.500. The van der Waals surface area contributed by atoms with E-state index in [1.807, 2.05) is 6.07 Å². The first-order chi connectivity index (χ1) is 7.27. The summed E-state index contributed by atoms with van der Waals surface area (Å²) in [4.78, 5) is 0. The lowest BCUT2D eigenvalue weighted by atomic mass is 10.1. The van der Waals surface area contributed by atoms with Gasteiger partial charge in [0.15, 0.2) is 11.5 Å². The molecule has 0 fully saturated rings. The van der Waals surface area contributed by atoms with E-state index in [0.29, 0.717) is 24.8 Å². The molecule has 84 valence electrons. The van der Waals surface area contributed by atoms with E-state index in [-0.39, 0.29) is 5.75 Å². The average Bonchev–Trinajstić information content (AvgIpc) is 2.26. The first kappa shape index (κ1) is 11.9. The SMILES string of the molecule is CCCC(CN)COc1ccccc1O. The van der Waals surface area contributed by atoms with Crippen LogP contribution in [-0.4, -0.2) is 18.3 Å². The Bertz CT molecular complexity index is 289. The summed E-state index contributed by atoms with van der Waals surface area (Å²) >= 11 is 0. The van der Waals surface area contributed by atoms with Crippen LogP contribution in [0.5, 0.6) is 11.5 Å². The number of benzene rings is 1. The number of para-hydroxylation sites is 2. The van der Waals surface area contributed by atoms with Crippen LogP contribution in [0.4, 0.5) is 0 Å². The fourth-order valence-electron chi connectivity index (χ4n) is 1.46. The van der Waals surface area contributed by atoms with Crippen LogP contribution in [0.3, 0.4) is 0 Å². The molecule has 3 nitrogen and oxygen atoms in total. The number of hydrogen-bond acceptors (Lipinski definition) is 3. The Labute approximate surface area is 90.9 Å². The summed E-state index contributed by atoms with van der Waals surface area (Å²) in [6.07, 6.45) is 2.16. The molecule has 0 aliphatic heterocycles. The van der Waals surface area contributed by atoms with E-state index in [2.05, 4.69) is 6.92 Å². The van der Waals surface area contributed by atoms with Crippen molar-refractivity contribution in [1.29, 1.82) is 0 Å². The number of aromatic hydroxyl groups is 1. The van der Waals surface area contributed by atoms with E-state index in [0.717, 1.165) is 12.8 Å². The van der Waals surface area contributed by atoms with Crippen LogP contribution in [0.2, 0.25) is 0 Å². The molecule has 3 heteroatoms. The summed E-state index contributed by atoms with van der Waals surface area (Å²) < 4.78 is 5.51. The maximum atomic E-state index is 9.47. The first-order valence-corrected chi connectivity index (χ1v) is 5.38. The number of ether oxygens (including phenoxy) is 1. The molecular formula is C12H19NO2. The fourth-order valence-corrected chi connectivity index (χ4v) is 1.46. The molecule has 1 aromatic rings. The Hall–Kier alpha value is -1.22. The second kappa shape index (κ2) is 6.30. The number of nitrogens with two attached hydrogens (primary N) is 1. The average molecular weight is 209 g/mol. The first-order valence-electron chi connectivity index (χ1n) is 5.38. The number of rotatable bonds is 6. The molecule has 0 amide bonds. The minimum atomic E-state index is 0.185. The Morgan fingerprint density at radius 3 is 2.73 bits per heavy atom. The highest BCUT2D eigenvalue weighted by atomic mass is 16.5. The third-order valence-corrected chi connectivity index (χ3v) is 2.37. The quantitative estimate of drug-likeness (QED) is 0.754. The van der Waals surface area contributed by atoms with Gasteiger partial charge < -0.3 is 15.6 Å². The van der Waals surface area contributed by atoms with Crippen molar-refractivity contribution in [3.63, 3.8) is 0 Å². The summed E-state index contributed by atoms with van der Waals surface area (Å²) in [5, 5.41) is 9.47. The smallest absolute Gasteiger partial charge is 0.160 e. The van der Waals surface area contributed by atoms with Gasteiger partial charge in [0.25, 0.3) is 0 Å². The number of phenolic OH excluding ortho intramolecular Hbond substituents is 1. The highest BCUT2D eigenvalue weighted by molar-refractivity contribution is 5.37. The van der Waals surface area contributed by atoms with Crippen molar-refractivity contribution < 1.29 is 9.84 Å². The summed E-state index contributed by atoms with van der Waals surface area (Å²) in [6.45, 7) is 3.33. The molecule has 1 aromatic carbocycles. The summed E-state index contributed by atoms with van der Waals surface area (Å²) in [6, 6.07) is 6.99. The molecule has 0 heterocycles. The van der Waals surface area contributed by atoms with Crippen LogP contribution in [0.25, 0.3) is 0 Å². The molecular weight excluding hydrogens is 190 g/mol. The van der Waals surface area contributed by atoms with Crippen LogP contribution in [-0.2, 0) is 0 Å². The molecule has 0 saturated carbocycles. The number of phenols is 1. The molecule has 15 heavy (non-hydrogen) atoms. The molecule has 1 unspecified atom stereocenters. The van der Waals surface area contributed by atoms with Gasteiger partial charge in [0.2, 0.25) is 0 Å². The van der Waals surface area contributed by atoms with Crippen LogP contribution in [0.1, 0.15) is 19.8 Å². The molecule has 0 radical (unpaired) electrons. The van der Waals surface area contributed by atoms with Crippen molar-refractivity contribution in [3.8, 4) is 11.5 Å². The van der Waals surface area contributed by atoms with Crippen molar-refractivity contribution in [2.24, 2.45) is 11.7 Å². The zero-order chi connectivity index (χ0) is 11.1. The summed E-state index contributed by atoms with van der Waals surface area (Å²) in [5.41, 5.74) is 5.62. The van der Waals surface area contributed by atoms with Gasteiger partial charge in [0.05, 0.1) is 6.61 Å². The van der Waals surface area contributed by atoms with Gasteiger partial charge in [-0.3, -0.25) is 0 Å². The third kappa shape index (κ3) is 3.80. The van der Waals surface area contributed by atoms with Gasteiger partial charge in [-0.05, 0) is 25.1 Å². The van der Waals surface area contributed by atoms with Gasteiger partial charge in [-0.25, -0.2) is 0 Å². The van der Waals surface area contributed by atoms with E-state index in [1.54, 1.807) is 18.2 Å². The van der Waals surface area contributed by atoms with Crippen LogP contribution >= 0.6 is 0 Å². The zero-order valence-corrected chi connectivity index (χ0v) is 9.15. The zero-order valence-electron chi connectivity index (χ0n) is 9.15. The standard InChI is InChI=1S/C12H19NO2/c1-2-5-10(8-13)9-15-12-7-4-3-6-11(12)14/h3-4,6-7,10,14H,2,5,8-9,13H2,1H3. The van der Waals surface area contributed by atoms with E-state index in [1.165, 1.54) is 0 Å². The molecule has 0 aliphatic rings.